The van der Waals surface area contributed by atoms with Crippen LogP contribution in [0.1, 0.15) is 46.2 Å². The van der Waals surface area contributed by atoms with Gasteiger partial charge in [0.15, 0.2) is 5.58 Å². The Kier molecular flexibility index (Phi) is 6.27. The summed E-state index contributed by atoms with van der Waals surface area (Å²) in [6.45, 7) is 10.4. The average Bonchev–Trinajstić information content (AvgIpc) is 3.30. The van der Waals surface area contributed by atoms with E-state index in [0.717, 1.165) is 16.7 Å². The standard InChI is InChI=1S/C24H29BN4O4/c1-7-16(13-28-26-6)22-29-20-12-19(10-11-21(20)31-22)30-15-18-9-8-17(14-27-18)25-32-23(2,3)24(4,5)33-25/h7-14,26H,15H2,1-6H3/b16-7+,28-13-. The van der Waals surface area contributed by atoms with Crippen LogP contribution >= 0.6 is 0 Å². The van der Waals surface area contributed by atoms with E-state index >= 15 is 0 Å². The lowest BCUT2D eigenvalue weighted by Gasteiger charge is -2.32. The predicted molar refractivity (Wildman–Crippen MR) is 129 cm³/mol. The van der Waals surface area contributed by atoms with Gasteiger partial charge in [0.2, 0.25) is 5.89 Å². The van der Waals surface area contributed by atoms with Crippen molar-refractivity contribution < 1.29 is 18.5 Å². The lowest BCUT2D eigenvalue weighted by atomic mass is 9.80. The van der Waals surface area contributed by atoms with Gasteiger partial charge >= 0.3 is 7.12 Å². The Morgan fingerprint density at radius 1 is 1.15 bits per heavy atom. The van der Waals surface area contributed by atoms with Crippen LogP contribution in [0.2, 0.25) is 0 Å². The molecule has 1 fully saturated rings. The molecule has 4 rings (SSSR count). The number of benzene rings is 1. The van der Waals surface area contributed by atoms with E-state index in [1.807, 2.05) is 71.0 Å². The molecule has 1 N–H and O–H groups in total. The zero-order chi connectivity index (χ0) is 23.6. The van der Waals surface area contributed by atoms with Crippen LogP contribution in [0.3, 0.4) is 0 Å². The molecule has 0 amide bonds. The van der Waals surface area contributed by atoms with Crippen molar-refractivity contribution in [3.05, 3.63) is 54.2 Å². The molecule has 3 aromatic rings. The van der Waals surface area contributed by atoms with Crippen molar-refractivity contribution in [1.29, 1.82) is 0 Å². The number of nitrogens with one attached hydrogen (secondary N) is 1. The Morgan fingerprint density at radius 3 is 2.55 bits per heavy atom. The third-order valence-electron chi connectivity index (χ3n) is 6.01. The van der Waals surface area contributed by atoms with Gasteiger partial charge in [0.1, 0.15) is 17.9 Å². The van der Waals surface area contributed by atoms with E-state index in [1.165, 1.54) is 0 Å². The first-order chi connectivity index (χ1) is 15.7. The van der Waals surface area contributed by atoms with Gasteiger partial charge < -0.3 is 23.9 Å². The molecule has 2 aromatic heterocycles. The third kappa shape index (κ3) is 4.79. The van der Waals surface area contributed by atoms with Gasteiger partial charge in [0.05, 0.1) is 28.7 Å². The van der Waals surface area contributed by atoms with Crippen molar-refractivity contribution in [2.45, 2.75) is 52.4 Å². The first-order valence-corrected chi connectivity index (χ1v) is 10.9. The second-order valence-corrected chi connectivity index (χ2v) is 8.83. The highest BCUT2D eigenvalue weighted by molar-refractivity contribution is 6.62. The highest BCUT2D eigenvalue weighted by atomic mass is 16.7. The third-order valence-corrected chi connectivity index (χ3v) is 6.01. The molecular formula is C24H29BN4O4. The van der Waals surface area contributed by atoms with Crippen molar-refractivity contribution in [3.8, 4) is 5.75 Å². The Morgan fingerprint density at radius 2 is 1.91 bits per heavy atom. The molecule has 0 bridgehead atoms. The molecule has 0 spiro atoms. The molecule has 1 aromatic carbocycles. The Balaban J connectivity index is 1.42. The fourth-order valence-electron chi connectivity index (χ4n) is 3.30. The molecule has 0 aliphatic carbocycles. The summed E-state index contributed by atoms with van der Waals surface area (Å²) in [6, 6.07) is 9.44. The number of allylic oxidation sites excluding steroid dienone is 2. The maximum Gasteiger partial charge on any atom is 0.496 e. The number of oxazole rings is 1. The van der Waals surface area contributed by atoms with E-state index in [2.05, 4.69) is 20.5 Å². The number of pyridine rings is 1. The summed E-state index contributed by atoms with van der Waals surface area (Å²) in [4.78, 5) is 9.07. The topological polar surface area (TPSA) is 91.0 Å². The molecule has 9 heteroatoms. The fraction of sp³-hybridized carbons (Fsp3) is 0.375. The van der Waals surface area contributed by atoms with Crippen molar-refractivity contribution in [2.24, 2.45) is 5.10 Å². The average molecular weight is 448 g/mol. The molecule has 0 atom stereocenters. The van der Waals surface area contributed by atoms with Crippen molar-refractivity contribution in [1.82, 2.24) is 15.4 Å². The second kappa shape index (κ2) is 9.00. The lowest BCUT2D eigenvalue weighted by Crippen LogP contribution is -2.41. The summed E-state index contributed by atoms with van der Waals surface area (Å²) >= 11 is 0. The quantitative estimate of drug-likeness (QED) is 0.335. The summed E-state index contributed by atoms with van der Waals surface area (Å²) in [7, 11) is 1.31. The van der Waals surface area contributed by atoms with E-state index in [0.29, 0.717) is 29.3 Å². The van der Waals surface area contributed by atoms with Gasteiger partial charge in [0, 0.05) is 24.8 Å². The summed E-state index contributed by atoms with van der Waals surface area (Å²) < 4.78 is 23.9. The molecule has 1 aliphatic rings. The number of fused-ring (bicyclic) bond motifs is 1. The SMILES string of the molecule is C/C=C(\C=N/NC)c1nc2cc(OCc3ccc(B4OC(C)(C)C(C)(C)O4)cn3)ccc2o1. The number of hydrogen-bond donors (Lipinski definition) is 1. The summed E-state index contributed by atoms with van der Waals surface area (Å²) in [5.74, 6) is 1.19. The van der Waals surface area contributed by atoms with Gasteiger partial charge in [-0.05, 0) is 52.8 Å². The fourth-order valence-corrected chi connectivity index (χ4v) is 3.30. The van der Waals surface area contributed by atoms with Crippen LogP contribution in [-0.2, 0) is 15.9 Å². The molecule has 33 heavy (non-hydrogen) atoms. The van der Waals surface area contributed by atoms with Crippen LogP contribution in [0.25, 0.3) is 16.7 Å². The van der Waals surface area contributed by atoms with Crippen LogP contribution < -0.4 is 15.6 Å². The molecule has 172 valence electrons. The van der Waals surface area contributed by atoms with Gasteiger partial charge in [-0.3, -0.25) is 4.98 Å². The molecule has 0 unspecified atom stereocenters. The molecule has 3 heterocycles. The van der Waals surface area contributed by atoms with E-state index in [4.69, 9.17) is 18.5 Å². The predicted octanol–water partition coefficient (Wildman–Crippen LogP) is 3.71. The second-order valence-electron chi connectivity index (χ2n) is 8.83. The number of hydrazone groups is 1. The van der Waals surface area contributed by atoms with Gasteiger partial charge in [-0.25, -0.2) is 4.98 Å². The van der Waals surface area contributed by atoms with Crippen LogP contribution in [-0.4, -0.2) is 41.6 Å². The van der Waals surface area contributed by atoms with Gasteiger partial charge in [0.25, 0.3) is 0 Å². The van der Waals surface area contributed by atoms with Gasteiger partial charge in [-0.1, -0.05) is 12.1 Å². The summed E-state index contributed by atoms with van der Waals surface area (Å²) in [5.41, 5.74) is 5.82. The van der Waals surface area contributed by atoms with E-state index < -0.39 is 7.12 Å². The van der Waals surface area contributed by atoms with Crippen LogP contribution in [0.4, 0.5) is 0 Å². The smallest absolute Gasteiger partial charge is 0.487 e. The largest absolute Gasteiger partial charge is 0.496 e. The highest BCUT2D eigenvalue weighted by Gasteiger charge is 2.51. The minimum absolute atomic E-state index is 0.328. The van der Waals surface area contributed by atoms with E-state index in [9.17, 15) is 0 Å². The monoisotopic (exact) mass is 448 g/mol. The van der Waals surface area contributed by atoms with Gasteiger partial charge in [-0.2, -0.15) is 5.10 Å². The van der Waals surface area contributed by atoms with Crippen molar-refractivity contribution >= 4 is 35.5 Å². The first-order valence-electron chi connectivity index (χ1n) is 10.9. The zero-order valence-electron chi connectivity index (χ0n) is 19.9. The summed E-state index contributed by atoms with van der Waals surface area (Å²) in [5, 5.41) is 4.02. The minimum atomic E-state index is -0.429. The van der Waals surface area contributed by atoms with Crippen molar-refractivity contribution in [2.75, 3.05) is 7.05 Å². The molecule has 0 radical (unpaired) electrons. The molecule has 1 saturated heterocycles. The maximum atomic E-state index is 6.08. The molecular weight excluding hydrogens is 419 g/mol. The minimum Gasteiger partial charge on any atom is -0.487 e. The van der Waals surface area contributed by atoms with Crippen LogP contribution in [0.15, 0.2) is 52.1 Å². The Bertz CT molecular complexity index is 1170. The van der Waals surface area contributed by atoms with Gasteiger partial charge in [-0.15, -0.1) is 0 Å². The summed E-state index contributed by atoms with van der Waals surface area (Å²) in [6.07, 6.45) is 5.34. The number of rotatable bonds is 7. The molecule has 1 aliphatic heterocycles. The number of nitrogens with zero attached hydrogens (tertiary/aromatic N) is 3. The first kappa shape index (κ1) is 23.0. The highest BCUT2D eigenvalue weighted by Crippen LogP contribution is 2.36. The van der Waals surface area contributed by atoms with E-state index in [1.54, 1.807) is 19.5 Å². The number of aromatic nitrogens is 2. The normalized spacial score (nSPS) is 17.8. The van der Waals surface area contributed by atoms with Crippen LogP contribution in [0, 0.1) is 0 Å². The van der Waals surface area contributed by atoms with Crippen LogP contribution in [0.5, 0.6) is 5.75 Å². The molecule has 8 nitrogen and oxygen atoms in total. The lowest BCUT2D eigenvalue weighted by molar-refractivity contribution is 0.00578. The number of ether oxygens (including phenoxy) is 1. The Labute approximate surface area is 194 Å². The van der Waals surface area contributed by atoms with Crippen molar-refractivity contribution in [3.63, 3.8) is 0 Å². The maximum absolute atomic E-state index is 6.08. The van der Waals surface area contributed by atoms with E-state index in [-0.39, 0.29) is 11.2 Å². The zero-order valence-corrected chi connectivity index (χ0v) is 19.9. The number of hydrogen-bond acceptors (Lipinski definition) is 8. The Hall–Kier alpha value is -3.17. The molecule has 0 saturated carbocycles.